The molecule has 0 aliphatic rings. The number of carbonyl (C=O) groups is 1. The van der Waals surface area contributed by atoms with Gasteiger partial charge in [0.25, 0.3) is 0 Å². The fourth-order valence-electron chi connectivity index (χ4n) is 2.07. The van der Waals surface area contributed by atoms with Crippen molar-refractivity contribution >= 4 is 27.6 Å². The summed E-state index contributed by atoms with van der Waals surface area (Å²) in [5.41, 5.74) is 0.740. The Morgan fingerprint density at radius 1 is 1.33 bits per heavy atom. The van der Waals surface area contributed by atoms with Crippen LogP contribution in [-0.2, 0) is 11.3 Å². The van der Waals surface area contributed by atoms with Crippen molar-refractivity contribution in [1.82, 2.24) is 10.3 Å². The smallest absolute Gasteiger partial charge is 0.408 e. The van der Waals surface area contributed by atoms with Gasteiger partial charge in [-0.3, -0.25) is 0 Å². The van der Waals surface area contributed by atoms with Crippen molar-refractivity contribution in [3.63, 3.8) is 0 Å². The van der Waals surface area contributed by atoms with Crippen LogP contribution in [-0.4, -0.2) is 22.8 Å². The second kappa shape index (κ2) is 7.24. The van der Waals surface area contributed by atoms with E-state index in [-0.39, 0.29) is 12.5 Å². The number of nitrogens with one attached hydrogen (secondary N) is 1. The minimum absolute atomic E-state index is 0.0648. The van der Waals surface area contributed by atoms with Crippen LogP contribution in [0.5, 0.6) is 0 Å². The molecule has 2 aromatic heterocycles. The molecule has 2 N–H and O–H groups in total. The van der Waals surface area contributed by atoms with Crippen LogP contribution < -0.4 is 10.9 Å². The molecule has 3 rings (SSSR count). The maximum Gasteiger partial charge on any atom is 0.408 e. The quantitative estimate of drug-likeness (QED) is 0.734. The van der Waals surface area contributed by atoms with E-state index >= 15 is 0 Å². The molecule has 0 saturated heterocycles. The monoisotopic (exact) mass is 346 g/mol. The van der Waals surface area contributed by atoms with Crippen molar-refractivity contribution in [2.24, 2.45) is 0 Å². The van der Waals surface area contributed by atoms with E-state index < -0.39 is 24.4 Å². The molecular formula is C16H14N2O5S. The van der Waals surface area contributed by atoms with E-state index in [0.29, 0.717) is 10.2 Å². The number of aliphatic hydroxyl groups is 1. The van der Waals surface area contributed by atoms with Crippen LogP contribution in [0, 0.1) is 0 Å². The van der Waals surface area contributed by atoms with Crippen molar-refractivity contribution in [1.29, 1.82) is 0 Å². The Morgan fingerprint density at radius 2 is 2.12 bits per heavy atom. The lowest BCUT2D eigenvalue weighted by atomic mass is 10.2. The zero-order valence-electron chi connectivity index (χ0n) is 12.5. The van der Waals surface area contributed by atoms with Gasteiger partial charge in [0.15, 0.2) is 0 Å². The highest BCUT2D eigenvalue weighted by molar-refractivity contribution is 7.17. The number of aromatic nitrogens is 1. The number of hydrogen-bond donors (Lipinski definition) is 2. The van der Waals surface area contributed by atoms with Gasteiger partial charge in [0.1, 0.15) is 17.3 Å². The first kappa shape index (κ1) is 16.2. The van der Waals surface area contributed by atoms with Gasteiger partial charge in [-0.05, 0) is 17.0 Å². The molecule has 0 radical (unpaired) electrons. The number of hydrogen-bond acceptors (Lipinski definition) is 7. The third kappa shape index (κ3) is 3.61. The van der Waals surface area contributed by atoms with Gasteiger partial charge in [-0.25, -0.2) is 14.6 Å². The largest absolute Gasteiger partial charge is 0.445 e. The standard InChI is InChI=1S/C16H14N2O5S/c19-8-12(14-17-11-6-7-24-13(11)15(20)23-14)18-16(21)22-9-10-4-2-1-3-5-10/h1-7,12,19H,8-9H2,(H,18,21)/t12-/m0/s1. The Morgan fingerprint density at radius 3 is 2.88 bits per heavy atom. The van der Waals surface area contributed by atoms with Gasteiger partial charge in [-0.1, -0.05) is 30.3 Å². The van der Waals surface area contributed by atoms with Gasteiger partial charge in [0.2, 0.25) is 5.89 Å². The highest BCUT2D eigenvalue weighted by Gasteiger charge is 2.20. The van der Waals surface area contributed by atoms with E-state index in [0.717, 1.165) is 5.56 Å². The fraction of sp³-hybridized carbons (Fsp3) is 0.188. The van der Waals surface area contributed by atoms with E-state index in [1.165, 1.54) is 11.3 Å². The molecule has 0 aliphatic carbocycles. The highest BCUT2D eigenvalue weighted by atomic mass is 32.1. The third-order valence-corrected chi connectivity index (χ3v) is 4.13. The van der Waals surface area contributed by atoms with Crippen molar-refractivity contribution in [3.8, 4) is 0 Å². The summed E-state index contributed by atoms with van der Waals surface area (Å²) < 4.78 is 10.5. The van der Waals surface area contributed by atoms with E-state index in [4.69, 9.17) is 9.15 Å². The zero-order valence-corrected chi connectivity index (χ0v) is 13.3. The summed E-state index contributed by atoms with van der Waals surface area (Å²) in [6, 6.07) is 9.88. The van der Waals surface area contributed by atoms with Crippen molar-refractivity contribution in [3.05, 3.63) is 63.7 Å². The SMILES string of the molecule is O=C(N[C@@H](CO)c1nc2ccsc2c(=O)o1)OCc1ccccc1. The van der Waals surface area contributed by atoms with Crippen LogP contribution in [0.4, 0.5) is 4.79 Å². The first-order valence-corrected chi connectivity index (χ1v) is 8.01. The van der Waals surface area contributed by atoms with Crippen LogP contribution >= 0.6 is 11.3 Å². The number of aliphatic hydroxyl groups excluding tert-OH is 1. The van der Waals surface area contributed by atoms with Crippen molar-refractivity contribution in [2.75, 3.05) is 6.61 Å². The van der Waals surface area contributed by atoms with E-state index in [2.05, 4.69) is 10.3 Å². The summed E-state index contributed by atoms with van der Waals surface area (Å²) in [6.07, 6.45) is -0.743. The number of alkyl carbamates (subject to hydrolysis) is 1. The summed E-state index contributed by atoms with van der Waals surface area (Å²) in [7, 11) is 0. The van der Waals surface area contributed by atoms with E-state index in [1.807, 2.05) is 30.3 Å². The molecule has 124 valence electrons. The highest BCUT2D eigenvalue weighted by Crippen LogP contribution is 2.18. The first-order valence-electron chi connectivity index (χ1n) is 7.13. The Labute approximate surface area is 140 Å². The molecule has 1 amide bonds. The lowest BCUT2D eigenvalue weighted by Gasteiger charge is -2.14. The average Bonchev–Trinajstić information content (AvgIpc) is 3.08. The van der Waals surface area contributed by atoms with Crippen LogP contribution in [0.1, 0.15) is 17.5 Å². The maximum atomic E-state index is 11.9. The Kier molecular flexibility index (Phi) is 4.88. The Hall–Kier alpha value is -2.71. The van der Waals surface area contributed by atoms with Crippen LogP contribution in [0.2, 0.25) is 0 Å². The second-order valence-electron chi connectivity index (χ2n) is 4.92. The van der Waals surface area contributed by atoms with Crippen LogP contribution in [0.25, 0.3) is 10.2 Å². The molecular weight excluding hydrogens is 332 g/mol. The van der Waals surface area contributed by atoms with Gasteiger partial charge >= 0.3 is 11.7 Å². The summed E-state index contributed by atoms with van der Waals surface area (Å²) in [4.78, 5) is 27.9. The summed E-state index contributed by atoms with van der Waals surface area (Å²) in [5.74, 6) is -0.0648. The zero-order chi connectivity index (χ0) is 16.9. The third-order valence-electron chi connectivity index (χ3n) is 3.24. The molecule has 24 heavy (non-hydrogen) atoms. The molecule has 8 heteroatoms. The first-order chi connectivity index (χ1) is 11.7. The maximum absolute atomic E-state index is 11.9. The number of rotatable bonds is 5. The minimum atomic E-state index is -0.967. The normalized spacial score (nSPS) is 12.0. The van der Waals surface area contributed by atoms with Gasteiger partial charge < -0.3 is 19.6 Å². The number of nitrogens with zero attached hydrogens (tertiary/aromatic N) is 1. The molecule has 3 aromatic rings. The number of amides is 1. The number of ether oxygens (including phenoxy) is 1. The van der Waals surface area contributed by atoms with E-state index in [1.54, 1.807) is 11.4 Å². The number of fused-ring (bicyclic) bond motifs is 1. The molecule has 0 saturated carbocycles. The van der Waals surface area contributed by atoms with Gasteiger partial charge in [0.05, 0.1) is 12.1 Å². The fourth-order valence-corrected chi connectivity index (χ4v) is 2.77. The molecule has 0 spiro atoms. The topological polar surface area (TPSA) is 102 Å². The van der Waals surface area contributed by atoms with Crippen molar-refractivity contribution in [2.45, 2.75) is 12.6 Å². The molecule has 0 unspecified atom stereocenters. The van der Waals surface area contributed by atoms with Gasteiger partial charge in [-0.15, -0.1) is 11.3 Å². The summed E-state index contributed by atoms with van der Waals surface area (Å²) >= 11 is 1.22. The minimum Gasteiger partial charge on any atom is -0.445 e. The lowest BCUT2D eigenvalue weighted by Crippen LogP contribution is -2.32. The van der Waals surface area contributed by atoms with E-state index in [9.17, 15) is 14.7 Å². The summed E-state index contributed by atoms with van der Waals surface area (Å²) in [6.45, 7) is -0.391. The van der Waals surface area contributed by atoms with Gasteiger partial charge in [0, 0.05) is 0 Å². The Bertz CT molecular complexity index is 890. The lowest BCUT2D eigenvalue weighted by molar-refractivity contribution is 0.125. The predicted octanol–water partition coefficient (Wildman–Crippen LogP) is 2.21. The van der Waals surface area contributed by atoms with Crippen LogP contribution in [0.3, 0.4) is 0 Å². The second-order valence-corrected chi connectivity index (χ2v) is 5.83. The molecule has 7 nitrogen and oxygen atoms in total. The molecule has 1 aromatic carbocycles. The summed E-state index contributed by atoms with van der Waals surface area (Å²) in [5, 5.41) is 13.6. The Balaban J connectivity index is 1.69. The van der Waals surface area contributed by atoms with Crippen LogP contribution in [0.15, 0.2) is 51.0 Å². The average molecular weight is 346 g/mol. The number of benzene rings is 1. The molecule has 0 aliphatic heterocycles. The number of thiophene rings is 1. The predicted molar refractivity (Wildman–Crippen MR) is 87.7 cm³/mol. The molecule has 0 bridgehead atoms. The van der Waals surface area contributed by atoms with Gasteiger partial charge in [-0.2, -0.15) is 0 Å². The number of carbonyl (C=O) groups excluding carboxylic acids is 1. The molecule has 0 fully saturated rings. The molecule has 2 heterocycles. The van der Waals surface area contributed by atoms with Crippen molar-refractivity contribution < 1.29 is 19.1 Å². The molecule has 1 atom stereocenters.